The summed E-state index contributed by atoms with van der Waals surface area (Å²) in [5.74, 6) is 0.301. The molecule has 1 saturated heterocycles. The monoisotopic (exact) mass is 648 g/mol. The molecular weight excluding hydrogens is 608 g/mol. The fourth-order valence-electron chi connectivity index (χ4n) is 6.47. The molecule has 10 heteroatoms. The maximum atomic E-state index is 13.9. The smallest absolute Gasteiger partial charge is 0.303 e. The Morgan fingerprint density at radius 3 is 2.26 bits per heavy atom. The number of hydrogen-bond donors (Lipinski definition) is 1. The van der Waals surface area contributed by atoms with Gasteiger partial charge in [0.05, 0.1) is 31.3 Å². The van der Waals surface area contributed by atoms with E-state index in [4.69, 9.17) is 25.8 Å². The van der Waals surface area contributed by atoms with Crippen molar-refractivity contribution in [3.8, 4) is 11.5 Å². The zero-order chi connectivity index (χ0) is 33.2. The molecule has 2 atom stereocenters. The molecule has 1 N–H and O–H groups in total. The van der Waals surface area contributed by atoms with Gasteiger partial charge in [0.15, 0.2) is 18.1 Å². The van der Waals surface area contributed by atoms with Gasteiger partial charge in [-0.15, -0.1) is 0 Å². The number of benzene rings is 3. The van der Waals surface area contributed by atoms with Crippen molar-refractivity contribution in [1.29, 1.82) is 0 Å². The van der Waals surface area contributed by atoms with Gasteiger partial charge >= 0.3 is 5.97 Å². The highest BCUT2D eigenvalue weighted by Gasteiger charge is 2.39. The van der Waals surface area contributed by atoms with Crippen LogP contribution in [-0.4, -0.2) is 60.7 Å². The summed E-state index contributed by atoms with van der Waals surface area (Å²) in [5.41, 5.74) is 2.97. The van der Waals surface area contributed by atoms with E-state index < -0.39 is 17.6 Å². The average molecular weight is 649 g/mol. The number of rotatable bonds is 9. The number of hydrogen-bond acceptors (Lipinski definition) is 7. The van der Waals surface area contributed by atoms with E-state index in [1.54, 1.807) is 23.8 Å². The van der Waals surface area contributed by atoms with E-state index in [2.05, 4.69) is 0 Å². The summed E-state index contributed by atoms with van der Waals surface area (Å²) < 4.78 is 16.6. The van der Waals surface area contributed by atoms with E-state index in [1.807, 2.05) is 74.5 Å². The number of carbonyl (C=O) groups excluding carboxylic acids is 3. The predicted molar refractivity (Wildman–Crippen MR) is 175 cm³/mol. The zero-order valence-electron chi connectivity index (χ0n) is 26.9. The van der Waals surface area contributed by atoms with E-state index in [1.165, 1.54) is 6.92 Å². The molecule has 0 radical (unpaired) electrons. The first kappa shape index (κ1) is 33.3. The Kier molecular flexibility index (Phi) is 9.93. The molecular formula is C36H41ClN2O7. The van der Waals surface area contributed by atoms with E-state index in [0.29, 0.717) is 48.1 Å². The maximum absolute atomic E-state index is 13.9. The van der Waals surface area contributed by atoms with Crippen molar-refractivity contribution < 1.29 is 33.7 Å². The fourth-order valence-corrected chi connectivity index (χ4v) is 6.60. The maximum Gasteiger partial charge on any atom is 0.303 e. The molecule has 0 aromatic heterocycles. The number of methoxy groups -OCH3 is 1. The van der Waals surface area contributed by atoms with Crippen molar-refractivity contribution in [3.63, 3.8) is 0 Å². The molecule has 46 heavy (non-hydrogen) atoms. The van der Waals surface area contributed by atoms with Crippen LogP contribution < -0.4 is 14.4 Å². The predicted octanol–water partition coefficient (Wildman–Crippen LogP) is 5.82. The molecule has 2 amide bonds. The molecule has 3 aromatic carbocycles. The Morgan fingerprint density at radius 2 is 1.67 bits per heavy atom. The van der Waals surface area contributed by atoms with Crippen molar-refractivity contribution in [2.75, 3.05) is 31.7 Å². The second-order valence-corrected chi connectivity index (χ2v) is 12.8. The number of halogens is 1. The number of ether oxygens (including phenoxy) is 3. The lowest BCUT2D eigenvalue weighted by Crippen LogP contribution is -2.45. The molecule has 0 aliphatic carbocycles. The van der Waals surface area contributed by atoms with Crippen LogP contribution in [0.5, 0.6) is 11.5 Å². The van der Waals surface area contributed by atoms with Crippen LogP contribution in [-0.2, 0) is 31.1 Å². The van der Waals surface area contributed by atoms with Gasteiger partial charge in [-0.1, -0.05) is 35.9 Å². The Labute approximate surface area is 275 Å². The van der Waals surface area contributed by atoms with Gasteiger partial charge in [-0.25, -0.2) is 0 Å². The van der Waals surface area contributed by atoms with Gasteiger partial charge in [0.25, 0.3) is 5.91 Å². The van der Waals surface area contributed by atoms with Crippen LogP contribution in [0.15, 0.2) is 60.7 Å². The fraction of sp³-hybridized carbons (Fsp3) is 0.417. The molecule has 244 valence electrons. The lowest BCUT2D eigenvalue weighted by molar-refractivity contribution is -0.151. The molecule has 2 aliphatic heterocycles. The van der Waals surface area contributed by atoms with E-state index in [-0.39, 0.29) is 36.9 Å². The van der Waals surface area contributed by atoms with Gasteiger partial charge in [0.2, 0.25) is 5.91 Å². The summed E-state index contributed by atoms with van der Waals surface area (Å²) in [5, 5.41) is 12.3. The van der Waals surface area contributed by atoms with Gasteiger partial charge in [0, 0.05) is 30.7 Å². The van der Waals surface area contributed by atoms with Crippen molar-refractivity contribution in [3.05, 3.63) is 87.9 Å². The summed E-state index contributed by atoms with van der Waals surface area (Å²) in [6.07, 6.45) is 1.32. The standard InChI is InChI=1S/C36H41ClN2O7/c1-22(2)46-32-20-30-25(18-31(32)44-5)19-33(41)39(35(30)24-6-10-28(37)11-7-24)29-12-8-26(9-13-29)36(4,43)27-14-16-38(17-15-27)34(42)21-45-23(3)40/h6-13,18,20,22,27,35,43H,14-17,19,21H2,1-5H3. The van der Waals surface area contributed by atoms with Gasteiger partial charge in [-0.3, -0.25) is 14.4 Å². The molecule has 9 nitrogen and oxygen atoms in total. The number of aliphatic hydroxyl groups is 1. The lowest BCUT2D eigenvalue weighted by atomic mass is 9.77. The summed E-state index contributed by atoms with van der Waals surface area (Å²) >= 11 is 6.25. The van der Waals surface area contributed by atoms with Crippen LogP contribution >= 0.6 is 11.6 Å². The van der Waals surface area contributed by atoms with Crippen LogP contribution in [0.1, 0.15) is 68.8 Å². The number of piperidine rings is 1. The van der Waals surface area contributed by atoms with Crippen LogP contribution in [0.25, 0.3) is 0 Å². The topological polar surface area (TPSA) is 106 Å². The van der Waals surface area contributed by atoms with Crippen LogP contribution in [0.3, 0.4) is 0 Å². The quantitative estimate of drug-likeness (QED) is 0.291. The molecule has 2 unspecified atom stereocenters. The summed E-state index contributed by atoms with van der Waals surface area (Å²) in [6, 6.07) is 18.4. The largest absolute Gasteiger partial charge is 0.493 e. The average Bonchev–Trinajstić information content (AvgIpc) is 3.03. The number of nitrogens with zero attached hydrogens (tertiary/aromatic N) is 2. The van der Waals surface area contributed by atoms with Gasteiger partial charge in [-0.05, 0) is 98.2 Å². The van der Waals surface area contributed by atoms with E-state index >= 15 is 0 Å². The molecule has 0 spiro atoms. The van der Waals surface area contributed by atoms with Gasteiger partial charge in [0.1, 0.15) is 0 Å². The Balaban J connectivity index is 1.43. The molecule has 2 aliphatic rings. The SMILES string of the molecule is COc1cc2c(cc1OC(C)C)C(c1ccc(Cl)cc1)N(c1ccc(C(C)(O)C3CCN(C(=O)COC(C)=O)CC3)cc1)C(=O)C2. The highest BCUT2D eigenvalue weighted by Crippen LogP contribution is 2.44. The van der Waals surface area contributed by atoms with Crippen LogP contribution in [0.4, 0.5) is 5.69 Å². The number of esters is 1. The van der Waals surface area contributed by atoms with Gasteiger partial charge in [-0.2, -0.15) is 0 Å². The minimum atomic E-state index is -1.16. The second-order valence-electron chi connectivity index (χ2n) is 12.4. The number of carbonyl (C=O) groups is 3. The van der Waals surface area contributed by atoms with E-state index in [0.717, 1.165) is 22.3 Å². The second kappa shape index (κ2) is 13.7. The Hall–Kier alpha value is -4.08. The third kappa shape index (κ3) is 7.00. The summed E-state index contributed by atoms with van der Waals surface area (Å²) in [4.78, 5) is 40.8. The van der Waals surface area contributed by atoms with Crippen LogP contribution in [0, 0.1) is 5.92 Å². The highest BCUT2D eigenvalue weighted by atomic mass is 35.5. The molecule has 2 heterocycles. The third-order valence-corrected chi connectivity index (χ3v) is 9.16. The highest BCUT2D eigenvalue weighted by molar-refractivity contribution is 6.30. The molecule has 5 rings (SSSR count). The molecule has 1 fully saturated rings. The number of fused-ring (bicyclic) bond motifs is 1. The first-order chi connectivity index (χ1) is 21.9. The molecule has 0 saturated carbocycles. The van der Waals surface area contributed by atoms with Crippen LogP contribution in [0.2, 0.25) is 5.02 Å². The number of amides is 2. The first-order valence-electron chi connectivity index (χ1n) is 15.6. The van der Waals surface area contributed by atoms with Crippen molar-refractivity contribution in [2.24, 2.45) is 5.92 Å². The normalized spacial score (nSPS) is 18.2. The van der Waals surface area contributed by atoms with Crippen molar-refractivity contribution in [1.82, 2.24) is 4.90 Å². The summed E-state index contributed by atoms with van der Waals surface area (Å²) in [7, 11) is 1.59. The Bertz CT molecular complexity index is 1580. The summed E-state index contributed by atoms with van der Waals surface area (Å²) in [6.45, 7) is 7.65. The van der Waals surface area contributed by atoms with Crippen molar-refractivity contribution >= 4 is 35.1 Å². The first-order valence-corrected chi connectivity index (χ1v) is 16.0. The molecule has 0 bridgehead atoms. The van der Waals surface area contributed by atoms with E-state index in [9.17, 15) is 19.5 Å². The third-order valence-electron chi connectivity index (χ3n) is 8.91. The van der Waals surface area contributed by atoms with Crippen molar-refractivity contribution in [2.45, 2.75) is 64.7 Å². The zero-order valence-corrected chi connectivity index (χ0v) is 27.7. The minimum Gasteiger partial charge on any atom is -0.493 e. The van der Waals surface area contributed by atoms with Gasteiger partial charge < -0.3 is 29.1 Å². The minimum absolute atomic E-state index is 0.0719. The molecule has 3 aromatic rings. The number of likely N-dealkylation sites (tertiary alicyclic amines) is 1. The lowest BCUT2D eigenvalue weighted by Gasteiger charge is -2.40. The number of anilines is 1. The Morgan fingerprint density at radius 1 is 1.02 bits per heavy atom.